The van der Waals surface area contributed by atoms with Gasteiger partial charge in [-0.25, -0.2) is 18.0 Å². The lowest BCUT2D eigenvalue weighted by Crippen LogP contribution is -2.40. The third kappa shape index (κ3) is 3.88. The zero-order chi connectivity index (χ0) is 21.5. The van der Waals surface area contributed by atoms with Gasteiger partial charge in [0.1, 0.15) is 17.4 Å². The molecule has 3 aromatic rings. The van der Waals surface area contributed by atoms with E-state index in [1.54, 1.807) is 24.3 Å². The quantitative estimate of drug-likeness (QED) is 0.382. The van der Waals surface area contributed by atoms with Crippen LogP contribution in [0.2, 0.25) is 0 Å². The lowest BCUT2D eigenvalue weighted by Gasteiger charge is -2.14. The van der Waals surface area contributed by atoms with Crippen LogP contribution in [0.3, 0.4) is 0 Å². The maximum absolute atomic E-state index is 12.5. The molecule has 0 saturated carbocycles. The number of esters is 1. The van der Waals surface area contributed by atoms with E-state index in [0.717, 1.165) is 29.4 Å². The molecule has 4 rings (SSSR count). The van der Waals surface area contributed by atoms with Gasteiger partial charge in [0, 0.05) is 17.0 Å². The van der Waals surface area contributed by atoms with Gasteiger partial charge in [-0.2, -0.15) is 4.72 Å². The van der Waals surface area contributed by atoms with Gasteiger partial charge < -0.3 is 9.15 Å². The summed E-state index contributed by atoms with van der Waals surface area (Å²) in [5.41, 5.74) is 2.61. The van der Waals surface area contributed by atoms with Gasteiger partial charge in [-0.15, -0.1) is 0 Å². The van der Waals surface area contributed by atoms with Gasteiger partial charge in [0.15, 0.2) is 0 Å². The fraction of sp³-hybridized carbons (Fsp3) is 0.273. The summed E-state index contributed by atoms with van der Waals surface area (Å²) < 4.78 is 37.9. The Labute approximate surface area is 173 Å². The third-order valence-electron chi connectivity index (χ3n) is 5.18. The summed E-state index contributed by atoms with van der Waals surface area (Å²) in [7, 11) is -3.87. The van der Waals surface area contributed by atoms with Crippen LogP contribution < -0.4 is 15.1 Å². The molecule has 2 aromatic carbocycles. The van der Waals surface area contributed by atoms with E-state index >= 15 is 0 Å². The fourth-order valence-electron chi connectivity index (χ4n) is 3.60. The highest BCUT2D eigenvalue weighted by Gasteiger charge is 2.24. The van der Waals surface area contributed by atoms with E-state index in [4.69, 9.17) is 9.15 Å². The largest absolute Gasteiger partial charge is 0.425 e. The molecule has 1 aliphatic carbocycles. The number of hydrogen-bond acceptors (Lipinski definition) is 6. The van der Waals surface area contributed by atoms with Crippen LogP contribution in [-0.4, -0.2) is 20.4 Å². The molecule has 0 radical (unpaired) electrons. The lowest BCUT2D eigenvalue weighted by molar-refractivity contribution is -0.135. The molecule has 0 aliphatic heterocycles. The molecule has 7 nitrogen and oxygen atoms in total. The van der Waals surface area contributed by atoms with Crippen molar-refractivity contribution >= 4 is 27.0 Å². The SMILES string of the molecule is Cc1ccc(S(=O)(=O)N[C@H](C)C(=O)Oc2ccc3c4c(c(=O)oc3c2)CCC4)cc1. The Morgan fingerprint density at radius 2 is 1.80 bits per heavy atom. The molecule has 0 saturated heterocycles. The average Bonchev–Trinajstić information content (AvgIpc) is 3.18. The minimum Gasteiger partial charge on any atom is -0.425 e. The first-order chi connectivity index (χ1) is 14.2. The first-order valence-corrected chi connectivity index (χ1v) is 11.1. The van der Waals surface area contributed by atoms with Gasteiger partial charge in [-0.1, -0.05) is 17.7 Å². The summed E-state index contributed by atoms with van der Waals surface area (Å²) in [4.78, 5) is 24.6. The molecule has 8 heteroatoms. The Bertz CT molecular complexity index is 1290. The molecule has 156 valence electrons. The van der Waals surface area contributed by atoms with E-state index in [2.05, 4.69) is 4.72 Å². The molecule has 0 fully saturated rings. The zero-order valence-corrected chi connectivity index (χ0v) is 17.4. The predicted octanol–water partition coefficient (Wildman–Crippen LogP) is 2.86. The van der Waals surface area contributed by atoms with Crippen LogP contribution in [0.1, 0.15) is 30.0 Å². The molecule has 30 heavy (non-hydrogen) atoms. The topological polar surface area (TPSA) is 103 Å². The zero-order valence-electron chi connectivity index (χ0n) is 16.6. The van der Waals surface area contributed by atoms with E-state index in [-0.39, 0.29) is 16.3 Å². The molecule has 1 aromatic heterocycles. The van der Waals surface area contributed by atoms with E-state index in [1.165, 1.54) is 25.1 Å². The number of rotatable bonds is 5. The summed E-state index contributed by atoms with van der Waals surface area (Å²) in [5, 5.41) is 0.829. The minimum atomic E-state index is -3.87. The summed E-state index contributed by atoms with van der Waals surface area (Å²) in [6.45, 7) is 3.26. The van der Waals surface area contributed by atoms with Gasteiger partial charge in [0.05, 0.1) is 4.90 Å². The van der Waals surface area contributed by atoms with Gasteiger partial charge in [0.25, 0.3) is 0 Å². The molecule has 1 N–H and O–H groups in total. The second kappa shape index (κ2) is 7.70. The third-order valence-corrected chi connectivity index (χ3v) is 6.74. The number of hydrogen-bond donors (Lipinski definition) is 1. The van der Waals surface area contributed by atoms with E-state index in [9.17, 15) is 18.0 Å². The van der Waals surface area contributed by atoms with Crippen molar-refractivity contribution in [3.63, 3.8) is 0 Å². The normalized spacial score (nSPS) is 14.5. The molecule has 1 heterocycles. The predicted molar refractivity (Wildman–Crippen MR) is 111 cm³/mol. The highest BCUT2D eigenvalue weighted by molar-refractivity contribution is 7.89. The number of aryl methyl sites for hydroxylation is 2. The Morgan fingerprint density at radius 1 is 1.10 bits per heavy atom. The first-order valence-electron chi connectivity index (χ1n) is 9.64. The number of ether oxygens (including phenoxy) is 1. The van der Waals surface area contributed by atoms with E-state index < -0.39 is 22.0 Å². The second-order valence-electron chi connectivity index (χ2n) is 7.44. The fourth-order valence-corrected chi connectivity index (χ4v) is 4.79. The van der Waals surface area contributed by atoms with Crippen molar-refractivity contribution in [1.29, 1.82) is 0 Å². The molecule has 1 atom stereocenters. The monoisotopic (exact) mass is 427 g/mol. The number of carbonyl (C=O) groups excluding carboxylic acids is 1. The van der Waals surface area contributed by atoms with Gasteiger partial charge in [-0.3, -0.25) is 0 Å². The van der Waals surface area contributed by atoms with Gasteiger partial charge in [-0.05, 0) is 62.9 Å². The Morgan fingerprint density at radius 3 is 2.53 bits per heavy atom. The van der Waals surface area contributed by atoms with Crippen molar-refractivity contribution in [3.05, 3.63) is 69.6 Å². The van der Waals surface area contributed by atoms with Crippen LogP contribution in [0.15, 0.2) is 56.6 Å². The Kier molecular flexibility index (Phi) is 5.21. The Hall–Kier alpha value is -2.97. The second-order valence-corrected chi connectivity index (χ2v) is 9.15. The van der Waals surface area contributed by atoms with Gasteiger partial charge in [0.2, 0.25) is 10.0 Å². The van der Waals surface area contributed by atoms with Crippen LogP contribution in [-0.2, 0) is 27.7 Å². The van der Waals surface area contributed by atoms with E-state index in [1.807, 2.05) is 6.92 Å². The maximum Gasteiger partial charge on any atom is 0.339 e. The number of carbonyl (C=O) groups is 1. The molecule has 1 aliphatic rings. The number of nitrogens with one attached hydrogen (secondary N) is 1. The van der Waals surface area contributed by atoms with E-state index in [0.29, 0.717) is 17.6 Å². The van der Waals surface area contributed by atoms with Crippen molar-refractivity contribution in [1.82, 2.24) is 4.72 Å². The van der Waals surface area contributed by atoms with Crippen LogP contribution in [0.5, 0.6) is 5.75 Å². The van der Waals surface area contributed by atoms with Gasteiger partial charge >= 0.3 is 11.6 Å². The molecule has 0 amide bonds. The highest BCUT2D eigenvalue weighted by atomic mass is 32.2. The van der Waals surface area contributed by atoms with Crippen LogP contribution >= 0.6 is 0 Å². The molecule has 0 bridgehead atoms. The summed E-state index contributed by atoms with van der Waals surface area (Å²) >= 11 is 0. The summed E-state index contributed by atoms with van der Waals surface area (Å²) in [5.74, 6) is -0.594. The smallest absolute Gasteiger partial charge is 0.339 e. The lowest BCUT2D eigenvalue weighted by atomic mass is 10.1. The van der Waals surface area contributed by atoms with Crippen LogP contribution in [0.25, 0.3) is 11.0 Å². The van der Waals surface area contributed by atoms with Crippen molar-refractivity contribution in [2.75, 3.05) is 0 Å². The van der Waals surface area contributed by atoms with Crippen molar-refractivity contribution in [3.8, 4) is 5.75 Å². The van der Waals surface area contributed by atoms with Crippen molar-refractivity contribution in [2.45, 2.75) is 44.0 Å². The van der Waals surface area contributed by atoms with Crippen molar-refractivity contribution in [2.24, 2.45) is 0 Å². The number of benzene rings is 2. The van der Waals surface area contributed by atoms with Crippen LogP contribution in [0.4, 0.5) is 0 Å². The molecular weight excluding hydrogens is 406 g/mol. The number of fused-ring (bicyclic) bond motifs is 3. The molecule has 0 spiro atoms. The average molecular weight is 427 g/mol. The van der Waals surface area contributed by atoms with Crippen molar-refractivity contribution < 1.29 is 22.4 Å². The first kappa shape index (κ1) is 20.3. The molecular formula is C22H21NO6S. The standard InChI is InChI=1S/C22H21NO6S/c1-13-6-9-16(10-7-13)30(26,27)23-14(2)21(24)28-15-8-11-18-17-4-3-5-19(17)22(25)29-20(18)12-15/h6-12,14,23H,3-5H2,1-2H3/t14-/m1/s1. The summed E-state index contributed by atoms with van der Waals surface area (Å²) in [6.07, 6.45) is 2.44. The van der Waals surface area contributed by atoms with Crippen LogP contribution in [0, 0.1) is 6.92 Å². The molecule has 0 unspecified atom stereocenters. The Balaban J connectivity index is 1.52. The maximum atomic E-state index is 12.5. The highest BCUT2D eigenvalue weighted by Crippen LogP contribution is 2.29. The summed E-state index contributed by atoms with van der Waals surface area (Å²) in [6, 6.07) is 10.0. The minimum absolute atomic E-state index is 0.0640. The number of sulfonamides is 1.